The molecule has 1 N–H and O–H groups in total. The van der Waals surface area contributed by atoms with Crippen molar-refractivity contribution in [2.24, 2.45) is 0 Å². The topological polar surface area (TPSA) is 72.8 Å². The molecule has 0 amide bonds. The predicted octanol–water partition coefficient (Wildman–Crippen LogP) is 14.6. The maximum atomic E-state index is 12.1. The van der Waals surface area contributed by atoms with E-state index in [1.807, 2.05) is 0 Å². The van der Waals surface area contributed by atoms with Crippen LogP contribution >= 0.6 is 0 Å². The van der Waals surface area contributed by atoms with Gasteiger partial charge in [0.25, 0.3) is 0 Å². The maximum Gasteiger partial charge on any atom is 0.306 e. The molecule has 0 fully saturated rings. The fraction of sp³-hybridized carbons (Fsp3) is 0.792. The molecule has 0 saturated carbocycles. The molecule has 0 aromatic carbocycles. The van der Waals surface area contributed by atoms with E-state index in [0.29, 0.717) is 12.8 Å². The number of hydrogen-bond donors (Lipinski definition) is 1. The van der Waals surface area contributed by atoms with Gasteiger partial charge < -0.3 is 14.6 Å². The lowest BCUT2D eigenvalue weighted by Gasteiger charge is -2.15. The second kappa shape index (κ2) is 44.3. The standard InChI is InChI=1S/C48H86O5/c1-3-5-7-9-11-12-13-14-15-16-17-18-19-20-21-22-23-24-25-26-27-28-29-30-31-32-33-34-35-36-37-39-41-43-48(51)53-46(44-49)45-52-47(50)42-40-38-10-8-6-4-2/h5,7,11-12,14-15,17-18,46,49H,3-4,6,8-10,13,16,19-45H2,1-2H3/b7-5-,12-11-,15-14-,18-17-. The Morgan fingerprint density at radius 2 is 0.811 bits per heavy atom. The van der Waals surface area contributed by atoms with Gasteiger partial charge in [-0.3, -0.25) is 9.59 Å². The van der Waals surface area contributed by atoms with E-state index in [9.17, 15) is 14.7 Å². The molecular formula is C48H86O5. The number of allylic oxidation sites excluding steroid dienone is 8. The number of aliphatic hydroxyl groups excluding tert-OH is 1. The van der Waals surface area contributed by atoms with Gasteiger partial charge in [0.05, 0.1) is 6.61 Å². The van der Waals surface area contributed by atoms with E-state index in [1.165, 1.54) is 135 Å². The summed E-state index contributed by atoms with van der Waals surface area (Å²) in [5.41, 5.74) is 0. The molecule has 0 saturated heterocycles. The van der Waals surface area contributed by atoms with Crippen molar-refractivity contribution in [3.63, 3.8) is 0 Å². The first-order valence-electron chi connectivity index (χ1n) is 22.7. The van der Waals surface area contributed by atoms with E-state index in [-0.39, 0.29) is 25.2 Å². The van der Waals surface area contributed by atoms with Gasteiger partial charge in [0.1, 0.15) is 6.61 Å². The number of aliphatic hydroxyl groups is 1. The zero-order chi connectivity index (χ0) is 38.6. The van der Waals surface area contributed by atoms with E-state index < -0.39 is 6.10 Å². The van der Waals surface area contributed by atoms with Crippen molar-refractivity contribution in [3.8, 4) is 0 Å². The fourth-order valence-corrected chi connectivity index (χ4v) is 6.49. The number of carbonyl (C=O) groups excluding carboxylic acids is 2. The van der Waals surface area contributed by atoms with Crippen molar-refractivity contribution in [3.05, 3.63) is 48.6 Å². The summed E-state index contributed by atoms with van der Waals surface area (Å²) in [6, 6.07) is 0. The Balaban J connectivity index is 3.38. The quantitative estimate of drug-likeness (QED) is 0.0384. The Hall–Kier alpha value is -2.14. The highest BCUT2D eigenvalue weighted by Crippen LogP contribution is 2.16. The first-order valence-corrected chi connectivity index (χ1v) is 22.7. The molecule has 0 aliphatic rings. The summed E-state index contributed by atoms with van der Waals surface area (Å²) >= 11 is 0. The van der Waals surface area contributed by atoms with Gasteiger partial charge in [0, 0.05) is 12.8 Å². The number of rotatable bonds is 41. The minimum Gasteiger partial charge on any atom is -0.462 e. The lowest BCUT2D eigenvalue weighted by atomic mass is 10.0. The Morgan fingerprint density at radius 3 is 1.23 bits per heavy atom. The molecular weight excluding hydrogens is 657 g/mol. The summed E-state index contributed by atoms with van der Waals surface area (Å²) in [5.74, 6) is -0.594. The summed E-state index contributed by atoms with van der Waals surface area (Å²) in [4.78, 5) is 24.1. The summed E-state index contributed by atoms with van der Waals surface area (Å²) in [5, 5.41) is 9.51. The molecule has 0 spiro atoms. The van der Waals surface area contributed by atoms with Gasteiger partial charge in [0.15, 0.2) is 6.10 Å². The maximum absolute atomic E-state index is 12.1. The number of ether oxygens (including phenoxy) is 2. The lowest BCUT2D eigenvalue weighted by molar-refractivity contribution is -0.161. The van der Waals surface area contributed by atoms with Crippen LogP contribution in [0.1, 0.15) is 226 Å². The molecule has 0 aromatic rings. The van der Waals surface area contributed by atoms with Crippen molar-refractivity contribution < 1.29 is 24.2 Å². The van der Waals surface area contributed by atoms with Crippen molar-refractivity contribution in [2.75, 3.05) is 13.2 Å². The average molecular weight is 743 g/mol. The predicted molar refractivity (Wildman–Crippen MR) is 228 cm³/mol. The van der Waals surface area contributed by atoms with Crippen LogP contribution in [0.15, 0.2) is 48.6 Å². The number of hydrogen-bond acceptors (Lipinski definition) is 5. The van der Waals surface area contributed by atoms with Crippen LogP contribution < -0.4 is 0 Å². The Labute approximate surface area is 328 Å². The Bertz CT molecular complexity index is 888. The zero-order valence-corrected chi connectivity index (χ0v) is 35.0. The highest BCUT2D eigenvalue weighted by molar-refractivity contribution is 5.70. The molecule has 5 heteroatoms. The molecule has 0 aromatic heterocycles. The molecule has 0 radical (unpaired) electrons. The SMILES string of the molecule is CC/C=C\C/C=C\C/C=C\C/C=C\CCCCCCCCCCCCCCCCCCCCCCC(=O)OC(CO)COC(=O)CCCCCCCC. The van der Waals surface area contributed by atoms with E-state index >= 15 is 0 Å². The largest absolute Gasteiger partial charge is 0.462 e. The summed E-state index contributed by atoms with van der Waals surface area (Å²) in [7, 11) is 0. The fourth-order valence-electron chi connectivity index (χ4n) is 6.49. The van der Waals surface area contributed by atoms with E-state index in [2.05, 4.69) is 62.5 Å². The molecule has 0 aliphatic heterocycles. The third kappa shape index (κ3) is 42.5. The van der Waals surface area contributed by atoms with Gasteiger partial charge in [-0.25, -0.2) is 0 Å². The second-order valence-electron chi connectivity index (χ2n) is 15.1. The summed E-state index contributed by atoms with van der Waals surface area (Å²) in [6.45, 7) is 3.97. The molecule has 0 rings (SSSR count). The zero-order valence-electron chi connectivity index (χ0n) is 35.0. The van der Waals surface area contributed by atoms with Gasteiger partial charge in [0.2, 0.25) is 0 Å². The Kier molecular flexibility index (Phi) is 42.5. The van der Waals surface area contributed by atoms with Crippen LogP contribution in [-0.4, -0.2) is 36.4 Å². The van der Waals surface area contributed by atoms with E-state index in [1.54, 1.807) is 0 Å². The molecule has 308 valence electrons. The van der Waals surface area contributed by atoms with Gasteiger partial charge in [-0.05, 0) is 51.4 Å². The molecule has 1 unspecified atom stereocenters. The average Bonchev–Trinajstić information content (AvgIpc) is 3.16. The van der Waals surface area contributed by atoms with Crippen LogP contribution in [0.4, 0.5) is 0 Å². The molecule has 1 atom stereocenters. The molecule has 0 aliphatic carbocycles. The second-order valence-corrected chi connectivity index (χ2v) is 15.1. The normalized spacial score (nSPS) is 12.6. The summed E-state index contributed by atoms with van der Waals surface area (Å²) < 4.78 is 10.5. The van der Waals surface area contributed by atoms with Gasteiger partial charge in [-0.2, -0.15) is 0 Å². The third-order valence-electron chi connectivity index (χ3n) is 9.89. The monoisotopic (exact) mass is 743 g/mol. The van der Waals surface area contributed by atoms with Crippen molar-refractivity contribution in [1.82, 2.24) is 0 Å². The van der Waals surface area contributed by atoms with Gasteiger partial charge in [-0.1, -0.05) is 210 Å². The molecule has 0 bridgehead atoms. The summed E-state index contributed by atoms with van der Waals surface area (Å²) in [6.07, 6.45) is 56.7. The van der Waals surface area contributed by atoms with Gasteiger partial charge >= 0.3 is 11.9 Å². The third-order valence-corrected chi connectivity index (χ3v) is 9.89. The highest BCUT2D eigenvalue weighted by Gasteiger charge is 2.16. The van der Waals surface area contributed by atoms with Crippen LogP contribution in [0.3, 0.4) is 0 Å². The van der Waals surface area contributed by atoms with Crippen LogP contribution in [0.25, 0.3) is 0 Å². The van der Waals surface area contributed by atoms with Gasteiger partial charge in [-0.15, -0.1) is 0 Å². The van der Waals surface area contributed by atoms with Crippen LogP contribution in [0, 0.1) is 0 Å². The molecule has 0 heterocycles. The number of carbonyl (C=O) groups is 2. The van der Waals surface area contributed by atoms with E-state index in [0.717, 1.165) is 64.2 Å². The first-order chi connectivity index (χ1) is 26.1. The minimum absolute atomic E-state index is 0.0630. The van der Waals surface area contributed by atoms with Crippen LogP contribution in [0.5, 0.6) is 0 Å². The van der Waals surface area contributed by atoms with Crippen molar-refractivity contribution in [2.45, 2.75) is 232 Å². The molecule has 5 nitrogen and oxygen atoms in total. The van der Waals surface area contributed by atoms with Crippen molar-refractivity contribution >= 4 is 11.9 Å². The Morgan fingerprint density at radius 1 is 0.453 bits per heavy atom. The smallest absolute Gasteiger partial charge is 0.306 e. The minimum atomic E-state index is -0.764. The molecule has 53 heavy (non-hydrogen) atoms. The van der Waals surface area contributed by atoms with Crippen LogP contribution in [-0.2, 0) is 19.1 Å². The first kappa shape index (κ1) is 50.9. The van der Waals surface area contributed by atoms with Crippen molar-refractivity contribution in [1.29, 1.82) is 0 Å². The number of esters is 2. The number of unbranched alkanes of at least 4 members (excludes halogenated alkanes) is 25. The van der Waals surface area contributed by atoms with Crippen LogP contribution in [0.2, 0.25) is 0 Å². The lowest BCUT2D eigenvalue weighted by Crippen LogP contribution is -2.28. The highest BCUT2D eigenvalue weighted by atomic mass is 16.6. The van der Waals surface area contributed by atoms with E-state index in [4.69, 9.17) is 9.47 Å².